The van der Waals surface area contributed by atoms with Gasteiger partial charge >= 0.3 is 0 Å². The molecule has 7 nitrogen and oxygen atoms in total. The SMILES string of the molecule is Cc1cc(C)n([C@@H]2CCCN(C(=O)c3ccc4n[nH]nc4c3)C2)n1. The van der Waals surface area contributed by atoms with E-state index in [0.29, 0.717) is 17.6 Å². The van der Waals surface area contributed by atoms with Crippen molar-refractivity contribution in [1.82, 2.24) is 30.1 Å². The molecule has 0 bridgehead atoms. The van der Waals surface area contributed by atoms with Crippen LogP contribution in [0.5, 0.6) is 0 Å². The minimum absolute atomic E-state index is 0.0473. The van der Waals surface area contributed by atoms with Gasteiger partial charge in [0.15, 0.2) is 0 Å². The molecule has 1 aliphatic rings. The molecule has 4 rings (SSSR count). The van der Waals surface area contributed by atoms with Gasteiger partial charge in [0.1, 0.15) is 11.0 Å². The van der Waals surface area contributed by atoms with Gasteiger partial charge in [-0.25, -0.2) is 0 Å². The first kappa shape index (κ1) is 14.9. The number of aryl methyl sites for hydroxylation is 2. The van der Waals surface area contributed by atoms with Crippen molar-refractivity contribution in [2.45, 2.75) is 32.7 Å². The normalized spacial score (nSPS) is 18.2. The Morgan fingerprint density at radius 1 is 1.21 bits per heavy atom. The van der Waals surface area contributed by atoms with Crippen molar-refractivity contribution in [3.63, 3.8) is 0 Å². The molecule has 1 aromatic carbocycles. The van der Waals surface area contributed by atoms with E-state index >= 15 is 0 Å². The van der Waals surface area contributed by atoms with Crippen LogP contribution in [0.3, 0.4) is 0 Å². The zero-order valence-corrected chi connectivity index (χ0v) is 13.9. The van der Waals surface area contributed by atoms with Crippen LogP contribution >= 0.6 is 0 Å². The number of aromatic nitrogens is 5. The van der Waals surface area contributed by atoms with Gasteiger partial charge < -0.3 is 4.90 Å². The molecular formula is C17H20N6O. The first-order chi connectivity index (χ1) is 11.6. The smallest absolute Gasteiger partial charge is 0.254 e. The lowest BCUT2D eigenvalue weighted by atomic mass is 10.0. The van der Waals surface area contributed by atoms with Crippen molar-refractivity contribution >= 4 is 16.9 Å². The molecular weight excluding hydrogens is 304 g/mol. The van der Waals surface area contributed by atoms with E-state index in [1.165, 1.54) is 0 Å². The summed E-state index contributed by atoms with van der Waals surface area (Å²) in [5.41, 5.74) is 4.31. The van der Waals surface area contributed by atoms with Crippen molar-refractivity contribution in [2.75, 3.05) is 13.1 Å². The molecule has 0 spiro atoms. The molecule has 0 radical (unpaired) electrons. The molecule has 3 aromatic rings. The summed E-state index contributed by atoms with van der Waals surface area (Å²) in [6.07, 6.45) is 2.04. The average molecular weight is 324 g/mol. The third-order valence-corrected chi connectivity index (χ3v) is 4.64. The molecule has 7 heteroatoms. The first-order valence-electron chi connectivity index (χ1n) is 8.24. The lowest BCUT2D eigenvalue weighted by Gasteiger charge is -2.33. The lowest BCUT2D eigenvalue weighted by molar-refractivity contribution is 0.0671. The van der Waals surface area contributed by atoms with E-state index in [9.17, 15) is 4.79 Å². The molecule has 24 heavy (non-hydrogen) atoms. The number of amides is 1. The van der Waals surface area contributed by atoms with Crippen molar-refractivity contribution in [2.24, 2.45) is 0 Å². The zero-order chi connectivity index (χ0) is 16.7. The van der Waals surface area contributed by atoms with E-state index in [1.54, 1.807) is 6.07 Å². The van der Waals surface area contributed by atoms with E-state index in [4.69, 9.17) is 0 Å². The Bertz CT molecular complexity index is 896. The summed E-state index contributed by atoms with van der Waals surface area (Å²) in [6, 6.07) is 7.77. The lowest BCUT2D eigenvalue weighted by Crippen LogP contribution is -2.41. The molecule has 0 unspecified atom stereocenters. The predicted molar refractivity (Wildman–Crippen MR) is 89.8 cm³/mol. The van der Waals surface area contributed by atoms with Crippen molar-refractivity contribution in [3.05, 3.63) is 41.2 Å². The van der Waals surface area contributed by atoms with Crippen LogP contribution in [0.25, 0.3) is 11.0 Å². The molecule has 1 atom stereocenters. The molecule has 124 valence electrons. The van der Waals surface area contributed by atoms with E-state index < -0.39 is 0 Å². The summed E-state index contributed by atoms with van der Waals surface area (Å²) in [6.45, 7) is 5.55. The van der Waals surface area contributed by atoms with Crippen molar-refractivity contribution in [3.8, 4) is 0 Å². The van der Waals surface area contributed by atoms with Crippen LogP contribution in [-0.4, -0.2) is 49.1 Å². The Morgan fingerprint density at radius 3 is 2.83 bits per heavy atom. The average Bonchev–Trinajstić information content (AvgIpc) is 3.19. The number of hydrogen-bond acceptors (Lipinski definition) is 4. The molecule has 1 N–H and O–H groups in total. The standard InChI is InChI=1S/C17H20N6O/c1-11-8-12(2)23(20-11)14-4-3-7-22(10-14)17(24)13-5-6-15-16(9-13)19-21-18-15/h5-6,8-9,14H,3-4,7,10H2,1-2H3,(H,18,19,21)/t14-/m1/s1. The third-order valence-electron chi connectivity index (χ3n) is 4.64. The number of carbonyl (C=O) groups is 1. The van der Waals surface area contributed by atoms with Crippen molar-refractivity contribution in [1.29, 1.82) is 0 Å². The number of aromatic amines is 1. The fourth-order valence-corrected chi connectivity index (χ4v) is 3.51. The number of rotatable bonds is 2. The predicted octanol–water partition coefficient (Wildman–Crippen LogP) is 2.25. The molecule has 1 amide bonds. The van der Waals surface area contributed by atoms with E-state index in [2.05, 4.69) is 38.2 Å². The van der Waals surface area contributed by atoms with Crippen LogP contribution in [0.15, 0.2) is 24.3 Å². The van der Waals surface area contributed by atoms with Gasteiger partial charge in [-0.1, -0.05) is 0 Å². The maximum Gasteiger partial charge on any atom is 0.254 e. The maximum atomic E-state index is 12.9. The van der Waals surface area contributed by atoms with Gasteiger partial charge in [0, 0.05) is 24.3 Å². The highest BCUT2D eigenvalue weighted by atomic mass is 16.2. The molecule has 1 saturated heterocycles. The van der Waals surface area contributed by atoms with Crippen LogP contribution in [0.1, 0.15) is 40.6 Å². The number of likely N-dealkylation sites (tertiary alicyclic amines) is 1. The highest BCUT2D eigenvalue weighted by Gasteiger charge is 2.27. The first-order valence-corrected chi connectivity index (χ1v) is 8.24. The second kappa shape index (κ2) is 5.74. The highest BCUT2D eigenvalue weighted by molar-refractivity contribution is 5.97. The highest BCUT2D eigenvalue weighted by Crippen LogP contribution is 2.24. The number of piperidine rings is 1. The molecule has 1 fully saturated rings. The van der Waals surface area contributed by atoms with E-state index in [-0.39, 0.29) is 11.9 Å². The molecule has 2 aromatic heterocycles. The molecule has 0 saturated carbocycles. The van der Waals surface area contributed by atoms with Gasteiger partial charge in [-0.2, -0.15) is 20.5 Å². The van der Waals surface area contributed by atoms with E-state index in [0.717, 1.165) is 36.3 Å². The van der Waals surface area contributed by atoms with Gasteiger partial charge in [-0.05, 0) is 51.0 Å². The minimum Gasteiger partial charge on any atom is -0.337 e. The molecule has 3 heterocycles. The zero-order valence-electron chi connectivity index (χ0n) is 13.9. The summed E-state index contributed by atoms with van der Waals surface area (Å²) >= 11 is 0. The summed E-state index contributed by atoms with van der Waals surface area (Å²) in [5.74, 6) is 0.0473. The van der Waals surface area contributed by atoms with Crippen LogP contribution in [0.4, 0.5) is 0 Å². The number of nitrogens with one attached hydrogen (secondary N) is 1. The van der Waals surface area contributed by atoms with Crippen molar-refractivity contribution < 1.29 is 4.79 Å². The largest absolute Gasteiger partial charge is 0.337 e. The van der Waals surface area contributed by atoms with Gasteiger partial charge in [0.05, 0.1) is 11.7 Å². The van der Waals surface area contributed by atoms with Crippen LogP contribution in [-0.2, 0) is 0 Å². The van der Waals surface area contributed by atoms with Crippen LogP contribution < -0.4 is 0 Å². The second-order valence-corrected chi connectivity index (χ2v) is 6.45. The van der Waals surface area contributed by atoms with Gasteiger partial charge in [-0.3, -0.25) is 9.48 Å². The number of hydrogen-bond donors (Lipinski definition) is 1. The number of nitrogens with zero attached hydrogens (tertiary/aromatic N) is 5. The quantitative estimate of drug-likeness (QED) is 0.784. The summed E-state index contributed by atoms with van der Waals surface area (Å²) in [4.78, 5) is 14.8. The fraction of sp³-hybridized carbons (Fsp3) is 0.412. The topological polar surface area (TPSA) is 79.7 Å². The molecule has 1 aliphatic heterocycles. The Hall–Kier alpha value is -2.70. The number of H-pyrrole nitrogens is 1. The second-order valence-electron chi connectivity index (χ2n) is 6.45. The number of benzene rings is 1. The third kappa shape index (κ3) is 2.55. The Balaban J connectivity index is 1.56. The van der Waals surface area contributed by atoms with E-state index in [1.807, 2.05) is 24.0 Å². The Labute approximate surface area is 139 Å². The van der Waals surface area contributed by atoms with Crippen LogP contribution in [0, 0.1) is 13.8 Å². The van der Waals surface area contributed by atoms with Gasteiger partial charge in [0.2, 0.25) is 0 Å². The van der Waals surface area contributed by atoms with Crippen LogP contribution in [0.2, 0.25) is 0 Å². The minimum atomic E-state index is 0.0473. The monoisotopic (exact) mass is 324 g/mol. The summed E-state index contributed by atoms with van der Waals surface area (Å²) in [7, 11) is 0. The maximum absolute atomic E-state index is 12.9. The number of carbonyl (C=O) groups excluding carboxylic acids is 1. The summed E-state index contributed by atoms with van der Waals surface area (Å²) in [5, 5.41) is 15.3. The molecule has 0 aliphatic carbocycles. The van der Waals surface area contributed by atoms with Gasteiger partial charge in [-0.15, -0.1) is 0 Å². The fourth-order valence-electron chi connectivity index (χ4n) is 3.51. The summed E-state index contributed by atoms with van der Waals surface area (Å²) < 4.78 is 2.07. The van der Waals surface area contributed by atoms with Gasteiger partial charge in [0.25, 0.3) is 5.91 Å². The number of fused-ring (bicyclic) bond motifs is 1. The Kier molecular flexibility index (Phi) is 3.55. The Morgan fingerprint density at radius 2 is 2.04 bits per heavy atom.